The van der Waals surface area contributed by atoms with Gasteiger partial charge in [-0.05, 0) is 49.4 Å². The van der Waals surface area contributed by atoms with Crippen molar-refractivity contribution in [3.05, 3.63) is 42.5 Å². The average Bonchev–Trinajstić information content (AvgIpc) is 2.63. The lowest BCUT2D eigenvalue weighted by Gasteiger charge is -2.32. The van der Waals surface area contributed by atoms with Crippen molar-refractivity contribution in [2.75, 3.05) is 24.5 Å². The molecule has 1 amide bonds. The topological polar surface area (TPSA) is 78.4 Å². The van der Waals surface area contributed by atoms with Crippen molar-refractivity contribution in [2.45, 2.75) is 19.3 Å². The van der Waals surface area contributed by atoms with Crippen LogP contribution in [0.3, 0.4) is 0 Å². The van der Waals surface area contributed by atoms with Crippen LogP contribution < -0.4 is 10.2 Å². The number of nitrogens with one attached hydrogen (secondary N) is 1. The molecule has 2 N–H and O–H groups in total. The van der Waals surface area contributed by atoms with E-state index in [1.165, 1.54) is 12.1 Å². The van der Waals surface area contributed by atoms with Crippen LogP contribution in [0, 0.1) is 11.7 Å². The zero-order chi connectivity index (χ0) is 17.6. The number of rotatable bonds is 5. The molecule has 3 rings (SSSR count). The molecule has 1 saturated heterocycles. The van der Waals surface area contributed by atoms with Crippen molar-refractivity contribution in [1.82, 2.24) is 15.3 Å². The van der Waals surface area contributed by atoms with E-state index >= 15 is 0 Å². The minimum absolute atomic E-state index is 0.271. The molecule has 0 radical (unpaired) electrons. The molecule has 6 nitrogen and oxygen atoms in total. The lowest BCUT2D eigenvalue weighted by molar-refractivity contribution is 0.193. The second-order valence-corrected chi connectivity index (χ2v) is 6.22. The molecule has 2 aromatic rings. The van der Waals surface area contributed by atoms with E-state index in [-0.39, 0.29) is 5.82 Å². The largest absolute Gasteiger partial charge is 0.465 e. The van der Waals surface area contributed by atoms with Crippen LogP contribution in [0.4, 0.5) is 15.0 Å². The Balaban J connectivity index is 1.59. The highest BCUT2D eigenvalue weighted by Gasteiger charge is 2.20. The normalized spacial score (nSPS) is 15.2. The Kier molecular flexibility index (Phi) is 5.42. The third-order valence-electron chi connectivity index (χ3n) is 4.53. The Hall–Kier alpha value is -2.70. The zero-order valence-corrected chi connectivity index (χ0v) is 13.9. The molecule has 0 atom stereocenters. The number of piperidine rings is 1. The number of hydrogen-bond donors (Lipinski definition) is 2. The molecule has 1 aromatic carbocycles. The number of nitrogens with zero attached hydrogens (tertiary/aromatic N) is 3. The predicted molar refractivity (Wildman–Crippen MR) is 93.0 cm³/mol. The van der Waals surface area contributed by atoms with Gasteiger partial charge >= 0.3 is 6.09 Å². The van der Waals surface area contributed by atoms with Crippen LogP contribution in [-0.4, -0.2) is 40.8 Å². The second kappa shape index (κ2) is 7.92. The fourth-order valence-corrected chi connectivity index (χ4v) is 3.10. The van der Waals surface area contributed by atoms with Gasteiger partial charge in [-0.15, -0.1) is 0 Å². The molecule has 1 aromatic heterocycles. The molecule has 1 fully saturated rings. The zero-order valence-electron chi connectivity index (χ0n) is 13.9. The number of carboxylic acid groups (broad SMARTS) is 1. The van der Waals surface area contributed by atoms with Crippen molar-refractivity contribution in [1.29, 1.82) is 0 Å². The first-order valence-electron chi connectivity index (χ1n) is 8.41. The molecule has 1 aliphatic rings. The van der Waals surface area contributed by atoms with Gasteiger partial charge in [0.1, 0.15) is 11.6 Å². The number of hydrogen-bond acceptors (Lipinski definition) is 4. The lowest BCUT2D eigenvalue weighted by atomic mass is 9.93. The van der Waals surface area contributed by atoms with Crippen LogP contribution >= 0.6 is 0 Å². The van der Waals surface area contributed by atoms with E-state index in [0.29, 0.717) is 12.5 Å². The lowest BCUT2D eigenvalue weighted by Crippen LogP contribution is -2.35. The SMILES string of the molecule is O=C(O)NCCC1CCN(c2cncc(-c3ccc(F)cc3)n2)CC1. The van der Waals surface area contributed by atoms with Gasteiger partial charge in [-0.2, -0.15) is 0 Å². The van der Waals surface area contributed by atoms with Crippen LogP contribution in [0.25, 0.3) is 11.3 Å². The number of carbonyl (C=O) groups is 1. The Morgan fingerprint density at radius 3 is 2.64 bits per heavy atom. The van der Waals surface area contributed by atoms with E-state index in [9.17, 15) is 9.18 Å². The van der Waals surface area contributed by atoms with Gasteiger partial charge in [0.25, 0.3) is 0 Å². The molecule has 0 bridgehead atoms. The van der Waals surface area contributed by atoms with Crippen molar-refractivity contribution < 1.29 is 14.3 Å². The smallest absolute Gasteiger partial charge is 0.404 e. The molecule has 0 spiro atoms. The fourth-order valence-electron chi connectivity index (χ4n) is 3.10. The molecule has 132 valence electrons. The number of anilines is 1. The summed E-state index contributed by atoms with van der Waals surface area (Å²) in [5, 5.41) is 11.0. The van der Waals surface area contributed by atoms with Gasteiger partial charge in [0.05, 0.1) is 18.1 Å². The molecule has 25 heavy (non-hydrogen) atoms. The monoisotopic (exact) mass is 344 g/mol. The van der Waals surface area contributed by atoms with Crippen molar-refractivity contribution in [3.63, 3.8) is 0 Å². The quantitative estimate of drug-likeness (QED) is 0.871. The minimum atomic E-state index is -0.967. The predicted octanol–water partition coefficient (Wildman–Crippen LogP) is 3.16. The van der Waals surface area contributed by atoms with Gasteiger partial charge in [-0.25, -0.2) is 14.2 Å². The average molecular weight is 344 g/mol. The van der Waals surface area contributed by atoms with Gasteiger partial charge < -0.3 is 15.3 Å². The third kappa shape index (κ3) is 4.65. The Morgan fingerprint density at radius 1 is 1.24 bits per heavy atom. The first-order chi connectivity index (χ1) is 12.1. The summed E-state index contributed by atoms with van der Waals surface area (Å²) in [7, 11) is 0. The number of benzene rings is 1. The molecule has 1 aliphatic heterocycles. The van der Waals surface area contributed by atoms with Crippen LogP contribution in [-0.2, 0) is 0 Å². The first kappa shape index (κ1) is 17.1. The van der Waals surface area contributed by atoms with Gasteiger partial charge in [0.15, 0.2) is 0 Å². The maximum atomic E-state index is 13.1. The number of aromatic nitrogens is 2. The van der Waals surface area contributed by atoms with Crippen molar-refractivity contribution in [2.24, 2.45) is 5.92 Å². The summed E-state index contributed by atoms with van der Waals surface area (Å²) in [5.74, 6) is 1.08. The van der Waals surface area contributed by atoms with Crippen LogP contribution in [0.2, 0.25) is 0 Å². The minimum Gasteiger partial charge on any atom is -0.465 e. The van der Waals surface area contributed by atoms with Crippen LogP contribution in [0.1, 0.15) is 19.3 Å². The maximum absolute atomic E-state index is 13.1. The van der Waals surface area contributed by atoms with Gasteiger partial charge in [-0.3, -0.25) is 4.98 Å². The standard InChI is InChI=1S/C18H21FN4O2/c19-15-3-1-14(2-4-15)16-11-20-12-17(22-16)23-9-6-13(7-10-23)5-8-21-18(24)25/h1-4,11-13,21H,5-10H2,(H,24,25). The van der Waals surface area contributed by atoms with E-state index in [1.807, 2.05) is 0 Å². The Bertz CT molecular complexity index is 715. The fraction of sp³-hybridized carbons (Fsp3) is 0.389. The van der Waals surface area contributed by atoms with E-state index in [4.69, 9.17) is 5.11 Å². The van der Waals surface area contributed by atoms with E-state index in [0.717, 1.165) is 49.4 Å². The third-order valence-corrected chi connectivity index (χ3v) is 4.53. The Labute approximate surface area is 145 Å². The van der Waals surface area contributed by atoms with E-state index in [2.05, 4.69) is 20.2 Å². The molecule has 0 saturated carbocycles. The van der Waals surface area contributed by atoms with Crippen molar-refractivity contribution in [3.8, 4) is 11.3 Å². The summed E-state index contributed by atoms with van der Waals surface area (Å²) < 4.78 is 13.1. The van der Waals surface area contributed by atoms with Crippen LogP contribution in [0.5, 0.6) is 0 Å². The summed E-state index contributed by atoms with van der Waals surface area (Å²) in [4.78, 5) is 21.6. The highest BCUT2D eigenvalue weighted by molar-refractivity contribution is 5.64. The second-order valence-electron chi connectivity index (χ2n) is 6.22. The first-order valence-corrected chi connectivity index (χ1v) is 8.41. The highest BCUT2D eigenvalue weighted by Crippen LogP contribution is 2.25. The molecule has 0 unspecified atom stereocenters. The van der Waals surface area contributed by atoms with Gasteiger partial charge in [0.2, 0.25) is 0 Å². The summed E-state index contributed by atoms with van der Waals surface area (Å²) in [6, 6.07) is 6.23. The van der Waals surface area contributed by atoms with Crippen LogP contribution in [0.15, 0.2) is 36.7 Å². The molecular formula is C18H21FN4O2. The summed E-state index contributed by atoms with van der Waals surface area (Å²) in [6.07, 6.45) is 5.33. The van der Waals surface area contributed by atoms with E-state index in [1.54, 1.807) is 24.5 Å². The summed E-state index contributed by atoms with van der Waals surface area (Å²) in [5.41, 5.74) is 1.57. The van der Waals surface area contributed by atoms with Crippen molar-refractivity contribution >= 4 is 11.9 Å². The molecule has 0 aliphatic carbocycles. The summed E-state index contributed by atoms with van der Waals surface area (Å²) in [6.45, 7) is 2.25. The molecule has 2 heterocycles. The molecule has 7 heteroatoms. The molecular weight excluding hydrogens is 323 g/mol. The van der Waals surface area contributed by atoms with E-state index < -0.39 is 6.09 Å². The Morgan fingerprint density at radius 2 is 1.96 bits per heavy atom. The maximum Gasteiger partial charge on any atom is 0.404 e. The van der Waals surface area contributed by atoms with Gasteiger partial charge in [0, 0.05) is 25.2 Å². The highest BCUT2D eigenvalue weighted by atomic mass is 19.1. The summed E-state index contributed by atoms with van der Waals surface area (Å²) >= 11 is 0. The van der Waals surface area contributed by atoms with Gasteiger partial charge in [-0.1, -0.05) is 0 Å². The number of halogens is 1. The number of amides is 1.